The zero-order valence-corrected chi connectivity index (χ0v) is 16.2. The molecular formula is C23H18ClNO4. The van der Waals surface area contributed by atoms with Gasteiger partial charge in [-0.3, -0.25) is 9.59 Å². The highest BCUT2D eigenvalue weighted by Gasteiger charge is 2.50. The molecular weight excluding hydrogens is 390 g/mol. The van der Waals surface area contributed by atoms with E-state index in [1.54, 1.807) is 42.5 Å². The smallest absolute Gasteiger partial charge is 0.264 e. The summed E-state index contributed by atoms with van der Waals surface area (Å²) in [4.78, 5) is 27.2. The van der Waals surface area contributed by atoms with Gasteiger partial charge in [-0.05, 0) is 42.0 Å². The summed E-state index contributed by atoms with van der Waals surface area (Å²) in [5, 5.41) is 11.8. The predicted octanol–water partition coefficient (Wildman–Crippen LogP) is 4.34. The lowest BCUT2D eigenvalue weighted by molar-refractivity contribution is -0.140. The van der Waals surface area contributed by atoms with Gasteiger partial charge >= 0.3 is 0 Å². The second-order valence-electron chi connectivity index (χ2n) is 6.85. The Bertz CT molecular complexity index is 1090. The van der Waals surface area contributed by atoms with Gasteiger partial charge in [0.1, 0.15) is 5.76 Å². The molecule has 6 heteroatoms. The number of furan rings is 1. The highest BCUT2D eigenvalue weighted by atomic mass is 35.5. The molecule has 1 aromatic heterocycles. The van der Waals surface area contributed by atoms with E-state index >= 15 is 0 Å². The van der Waals surface area contributed by atoms with Crippen molar-refractivity contribution >= 4 is 35.1 Å². The number of benzene rings is 2. The van der Waals surface area contributed by atoms with Crippen LogP contribution in [-0.2, 0) is 21.7 Å². The minimum absolute atomic E-state index is 0.203. The van der Waals surface area contributed by atoms with Gasteiger partial charge in [0.05, 0.1) is 24.9 Å². The van der Waals surface area contributed by atoms with E-state index < -0.39 is 11.5 Å². The zero-order chi connectivity index (χ0) is 20.4. The number of hydrogen-bond donors (Lipinski definition) is 1. The van der Waals surface area contributed by atoms with Crippen molar-refractivity contribution in [2.45, 2.75) is 18.6 Å². The molecule has 0 saturated carbocycles. The SMILES string of the molecule is O=C(/C=C/c1ccco1)C[C@]1(O)C(=O)N(Cc2ccccc2Cl)c2ccccc21. The Morgan fingerprint density at radius 2 is 1.86 bits per heavy atom. The van der Waals surface area contributed by atoms with Crippen molar-refractivity contribution in [2.75, 3.05) is 4.90 Å². The van der Waals surface area contributed by atoms with Gasteiger partial charge in [0.2, 0.25) is 0 Å². The van der Waals surface area contributed by atoms with Crippen LogP contribution in [0.15, 0.2) is 77.4 Å². The number of hydrogen-bond acceptors (Lipinski definition) is 4. The molecule has 29 heavy (non-hydrogen) atoms. The van der Waals surface area contributed by atoms with Crippen LogP contribution in [0.25, 0.3) is 6.08 Å². The second kappa shape index (κ2) is 7.70. The number of nitrogens with zero attached hydrogens (tertiary/aromatic N) is 1. The van der Waals surface area contributed by atoms with E-state index in [9.17, 15) is 14.7 Å². The molecule has 2 aromatic carbocycles. The minimum atomic E-state index is -1.93. The molecule has 5 nitrogen and oxygen atoms in total. The normalized spacial score (nSPS) is 18.4. The highest BCUT2D eigenvalue weighted by molar-refractivity contribution is 6.31. The van der Waals surface area contributed by atoms with E-state index in [2.05, 4.69) is 0 Å². The molecule has 0 aliphatic carbocycles. The van der Waals surface area contributed by atoms with Crippen LogP contribution in [0, 0.1) is 0 Å². The first kappa shape index (κ1) is 19.2. The second-order valence-corrected chi connectivity index (χ2v) is 7.26. The van der Waals surface area contributed by atoms with Gasteiger partial charge < -0.3 is 14.4 Å². The third-order valence-electron chi connectivity index (χ3n) is 4.93. The molecule has 1 atom stereocenters. The van der Waals surface area contributed by atoms with Crippen LogP contribution in [0.4, 0.5) is 5.69 Å². The summed E-state index contributed by atoms with van der Waals surface area (Å²) in [5.74, 6) is -0.408. The van der Waals surface area contributed by atoms with Crippen molar-refractivity contribution < 1.29 is 19.1 Å². The molecule has 0 unspecified atom stereocenters. The van der Waals surface area contributed by atoms with Crippen molar-refractivity contribution in [1.29, 1.82) is 0 Å². The van der Waals surface area contributed by atoms with Crippen LogP contribution in [-0.4, -0.2) is 16.8 Å². The number of allylic oxidation sites excluding steroid dienone is 1. The molecule has 1 amide bonds. The van der Waals surface area contributed by atoms with E-state index in [4.69, 9.17) is 16.0 Å². The molecule has 0 radical (unpaired) electrons. The number of aliphatic hydroxyl groups is 1. The van der Waals surface area contributed by atoms with Crippen LogP contribution in [0.3, 0.4) is 0 Å². The lowest BCUT2D eigenvalue weighted by Gasteiger charge is -2.22. The maximum Gasteiger partial charge on any atom is 0.264 e. The van der Waals surface area contributed by atoms with Gasteiger partial charge in [-0.2, -0.15) is 0 Å². The van der Waals surface area contributed by atoms with Crippen LogP contribution < -0.4 is 4.90 Å². The van der Waals surface area contributed by atoms with Crippen LogP contribution in [0.2, 0.25) is 5.02 Å². The van der Waals surface area contributed by atoms with E-state index in [1.807, 2.05) is 18.2 Å². The van der Waals surface area contributed by atoms with Gasteiger partial charge in [-0.1, -0.05) is 48.0 Å². The fourth-order valence-corrected chi connectivity index (χ4v) is 3.70. The Kier molecular flexibility index (Phi) is 5.09. The molecule has 1 N–H and O–H groups in total. The maximum atomic E-state index is 13.2. The van der Waals surface area contributed by atoms with Gasteiger partial charge in [0, 0.05) is 10.6 Å². The summed E-state index contributed by atoms with van der Waals surface area (Å²) in [6, 6.07) is 17.6. The average molecular weight is 408 g/mol. The molecule has 2 heterocycles. The number of anilines is 1. The highest BCUT2D eigenvalue weighted by Crippen LogP contribution is 2.43. The molecule has 1 aliphatic heterocycles. The Morgan fingerprint density at radius 3 is 2.62 bits per heavy atom. The summed E-state index contributed by atoms with van der Waals surface area (Å²) in [6.07, 6.45) is 3.96. The topological polar surface area (TPSA) is 70.7 Å². The van der Waals surface area contributed by atoms with Crippen molar-refractivity contribution in [2.24, 2.45) is 0 Å². The third-order valence-corrected chi connectivity index (χ3v) is 5.30. The Labute approximate surface area is 172 Å². The molecule has 0 spiro atoms. The molecule has 146 valence electrons. The van der Waals surface area contributed by atoms with Crippen LogP contribution in [0.5, 0.6) is 0 Å². The first-order chi connectivity index (χ1) is 14.0. The van der Waals surface area contributed by atoms with E-state index in [1.165, 1.54) is 23.3 Å². The molecule has 4 rings (SSSR count). The first-order valence-electron chi connectivity index (χ1n) is 9.11. The summed E-state index contributed by atoms with van der Waals surface area (Å²) in [7, 11) is 0. The Hall–Kier alpha value is -3.15. The number of rotatable bonds is 6. The summed E-state index contributed by atoms with van der Waals surface area (Å²) in [5.41, 5.74) is -0.187. The Balaban J connectivity index is 1.63. The fourth-order valence-electron chi connectivity index (χ4n) is 3.50. The monoisotopic (exact) mass is 407 g/mol. The number of ketones is 1. The minimum Gasteiger partial charge on any atom is -0.465 e. The van der Waals surface area contributed by atoms with Gasteiger partial charge in [0.15, 0.2) is 11.4 Å². The predicted molar refractivity (Wildman–Crippen MR) is 110 cm³/mol. The van der Waals surface area contributed by atoms with Gasteiger partial charge in [-0.15, -0.1) is 0 Å². The van der Waals surface area contributed by atoms with Gasteiger partial charge in [-0.25, -0.2) is 0 Å². The van der Waals surface area contributed by atoms with Crippen LogP contribution >= 0.6 is 11.6 Å². The number of halogens is 1. The molecule has 1 aliphatic rings. The number of carbonyl (C=O) groups is 2. The first-order valence-corrected chi connectivity index (χ1v) is 9.48. The standard InChI is InChI=1S/C23H18ClNO4/c24-20-9-3-1-6-16(20)15-25-21-10-4-2-8-19(21)23(28,22(25)27)14-17(26)11-12-18-7-5-13-29-18/h1-13,28H,14-15H2/b12-11+/t23-/m1/s1. The number of fused-ring (bicyclic) bond motifs is 1. The summed E-state index contributed by atoms with van der Waals surface area (Å²) < 4.78 is 5.16. The van der Waals surface area contributed by atoms with E-state index in [-0.39, 0.29) is 18.7 Å². The summed E-state index contributed by atoms with van der Waals surface area (Å²) in [6.45, 7) is 0.203. The molecule has 0 bridgehead atoms. The molecule has 3 aromatic rings. The maximum absolute atomic E-state index is 13.2. The fraction of sp³-hybridized carbons (Fsp3) is 0.130. The van der Waals surface area contributed by atoms with Crippen molar-refractivity contribution in [3.05, 3.63) is 94.9 Å². The quantitative estimate of drug-likeness (QED) is 0.617. The average Bonchev–Trinajstić information content (AvgIpc) is 3.30. The number of amides is 1. The largest absolute Gasteiger partial charge is 0.465 e. The van der Waals surface area contributed by atoms with Gasteiger partial charge in [0.25, 0.3) is 5.91 Å². The number of carbonyl (C=O) groups excluding carboxylic acids is 2. The lowest BCUT2D eigenvalue weighted by atomic mass is 9.90. The van der Waals surface area contributed by atoms with E-state index in [0.717, 1.165) is 5.56 Å². The van der Waals surface area contributed by atoms with Crippen molar-refractivity contribution in [1.82, 2.24) is 0 Å². The molecule has 0 fully saturated rings. The zero-order valence-electron chi connectivity index (χ0n) is 15.4. The van der Waals surface area contributed by atoms with Crippen molar-refractivity contribution in [3.63, 3.8) is 0 Å². The van der Waals surface area contributed by atoms with Crippen molar-refractivity contribution in [3.8, 4) is 0 Å². The van der Waals surface area contributed by atoms with Crippen LogP contribution in [0.1, 0.15) is 23.3 Å². The number of para-hydroxylation sites is 1. The molecule has 0 saturated heterocycles. The lowest BCUT2D eigenvalue weighted by Crippen LogP contribution is -2.41. The third kappa shape index (κ3) is 3.62. The Morgan fingerprint density at radius 1 is 1.10 bits per heavy atom. The van der Waals surface area contributed by atoms with E-state index in [0.29, 0.717) is 22.0 Å². The summed E-state index contributed by atoms with van der Waals surface area (Å²) >= 11 is 6.25.